The molecule has 1 amide bonds. The van der Waals surface area contributed by atoms with Gasteiger partial charge < -0.3 is 9.84 Å². The summed E-state index contributed by atoms with van der Waals surface area (Å²) in [6.07, 6.45) is 1.79. The highest BCUT2D eigenvalue weighted by molar-refractivity contribution is 14.1. The monoisotopic (exact) mass is 741 g/mol. The highest BCUT2D eigenvalue weighted by Crippen LogP contribution is 2.35. The van der Waals surface area contributed by atoms with Crippen LogP contribution in [0.2, 0.25) is 0 Å². The summed E-state index contributed by atoms with van der Waals surface area (Å²) in [6.45, 7) is 0.181. The summed E-state index contributed by atoms with van der Waals surface area (Å²) in [4.78, 5) is 40.9. The van der Waals surface area contributed by atoms with Crippen molar-refractivity contribution in [3.8, 4) is 5.75 Å². The lowest BCUT2D eigenvalue weighted by Crippen LogP contribution is -2.23. The minimum absolute atomic E-state index is 0.0105. The van der Waals surface area contributed by atoms with Crippen molar-refractivity contribution in [2.75, 3.05) is 7.05 Å². The molecule has 0 spiro atoms. The maximum absolute atomic E-state index is 12.8. The first-order valence-electron chi connectivity index (χ1n) is 10.6. The zero-order chi connectivity index (χ0) is 26.7. The van der Waals surface area contributed by atoms with Crippen molar-refractivity contribution in [3.05, 3.63) is 99.5 Å². The van der Waals surface area contributed by atoms with Gasteiger partial charge in [0, 0.05) is 19.2 Å². The fourth-order valence-corrected chi connectivity index (χ4v) is 6.42. The molecular weight excluding hydrogens is 724 g/mol. The molecule has 1 fully saturated rings. The zero-order valence-electron chi connectivity index (χ0n) is 19.1. The summed E-state index contributed by atoms with van der Waals surface area (Å²) >= 11 is 5.55. The molecule has 9 nitrogen and oxygen atoms in total. The van der Waals surface area contributed by atoms with Gasteiger partial charge in [-0.25, -0.2) is 9.79 Å². The van der Waals surface area contributed by atoms with Gasteiger partial charge in [0.2, 0.25) is 0 Å². The van der Waals surface area contributed by atoms with Crippen LogP contribution < -0.4 is 4.74 Å². The number of hydrogen-bond acceptors (Lipinski definition) is 7. The first-order chi connectivity index (χ1) is 17.6. The van der Waals surface area contributed by atoms with Gasteiger partial charge >= 0.3 is 5.97 Å². The van der Waals surface area contributed by atoms with Gasteiger partial charge in [-0.1, -0.05) is 12.1 Å². The summed E-state index contributed by atoms with van der Waals surface area (Å²) < 4.78 is 7.63. The number of aliphatic imine (C=N–C) groups is 1. The van der Waals surface area contributed by atoms with Gasteiger partial charge in [-0.05, 0) is 111 Å². The minimum Gasteiger partial charge on any atom is -0.487 e. The van der Waals surface area contributed by atoms with Crippen LogP contribution in [-0.4, -0.2) is 39.0 Å². The fourth-order valence-electron chi connectivity index (χ4n) is 3.31. The normalized spacial score (nSPS) is 15.4. The van der Waals surface area contributed by atoms with Gasteiger partial charge in [0.1, 0.15) is 12.4 Å². The molecule has 1 aliphatic rings. The summed E-state index contributed by atoms with van der Waals surface area (Å²) in [5.74, 6) is -0.553. The number of non-ortho nitro benzene ring substituents is 1. The second kappa shape index (κ2) is 11.6. The number of nitro benzene ring substituents is 1. The number of hydrogen-bond donors (Lipinski definition) is 1. The third-order valence-corrected chi connectivity index (χ3v) is 7.83. The van der Waals surface area contributed by atoms with E-state index >= 15 is 0 Å². The van der Waals surface area contributed by atoms with E-state index in [1.165, 1.54) is 40.9 Å². The number of amides is 1. The molecular formula is C25H17I2N3O6S. The number of benzene rings is 3. The molecule has 0 saturated carbocycles. The lowest BCUT2D eigenvalue weighted by atomic mass is 10.2. The molecule has 37 heavy (non-hydrogen) atoms. The lowest BCUT2D eigenvalue weighted by molar-refractivity contribution is -0.384. The number of rotatable bonds is 7. The topological polar surface area (TPSA) is 122 Å². The third kappa shape index (κ3) is 6.48. The smallest absolute Gasteiger partial charge is 0.335 e. The van der Waals surface area contributed by atoms with Crippen molar-refractivity contribution >= 4 is 91.4 Å². The van der Waals surface area contributed by atoms with Gasteiger partial charge in [0.05, 0.1) is 28.2 Å². The predicted molar refractivity (Wildman–Crippen MR) is 158 cm³/mol. The van der Waals surface area contributed by atoms with Crippen LogP contribution in [-0.2, 0) is 11.4 Å². The molecule has 3 aromatic carbocycles. The van der Waals surface area contributed by atoms with Crippen molar-refractivity contribution in [2.45, 2.75) is 6.61 Å². The Morgan fingerprint density at radius 3 is 2.46 bits per heavy atom. The van der Waals surface area contributed by atoms with Gasteiger partial charge in [0.25, 0.3) is 11.6 Å². The molecule has 1 saturated heterocycles. The van der Waals surface area contributed by atoms with Crippen molar-refractivity contribution in [2.24, 2.45) is 4.99 Å². The predicted octanol–water partition coefficient (Wildman–Crippen LogP) is 6.32. The highest BCUT2D eigenvalue weighted by atomic mass is 127. The van der Waals surface area contributed by atoms with E-state index in [1.807, 2.05) is 12.1 Å². The second-order valence-corrected chi connectivity index (χ2v) is 11.1. The third-order valence-electron chi connectivity index (χ3n) is 5.17. The van der Waals surface area contributed by atoms with Crippen LogP contribution in [0.15, 0.2) is 70.6 Å². The average Bonchev–Trinajstić information content (AvgIpc) is 3.11. The maximum Gasteiger partial charge on any atom is 0.335 e. The summed E-state index contributed by atoms with van der Waals surface area (Å²) in [5, 5.41) is 20.5. The van der Waals surface area contributed by atoms with E-state index < -0.39 is 10.9 Å². The quantitative estimate of drug-likeness (QED) is 0.130. The van der Waals surface area contributed by atoms with E-state index in [9.17, 15) is 19.7 Å². The largest absolute Gasteiger partial charge is 0.487 e. The number of carboxylic acids is 1. The molecule has 0 radical (unpaired) electrons. The Morgan fingerprint density at radius 2 is 1.84 bits per heavy atom. The zero-order valence-corrected chi connectivity index (χ0v) is 24.2. The van der Waals surface area contributed by atoms with E-state index in [0.717, 1.165) is 12.7 Å². The molecule has 1 N–H and O–H groups in total. The molecule has 0 unspecified atom stereocenters. The Labute approximate surface area is 243 Å². The Kier molecular flexibility index (Phi) is 8.49. The molecule has 0 atom stereocenters. The van der Waals surface area contributed by atoms with Crippen molar-refractivity contribution < 1.29 is 24.4 Å². The Bertz CT molecular complexity index is 1450. The Morgan fingerprint density at radius 1 is 1.16 bits per heavy atom. The van der Waals surface area contributed by atoms with Crippen LogP contribution in [0, 0.1) is 17.3 Å². The van der Waals surface area contributed by atoms with Gasteiger partial charge in [-0.15, -0.1) is 0 Å². The van der Waals surface area contributed by atoms with Crippen molar-refractivity contribution in [3.63, 3.8) is 0 Å². The molecule has 3 aromatic rings. The Hall–Kier alpha value is -2.98. The van der Waals surface area contributed by atoms with Gasteiger partial charge in [-0.2, -0.15) is 0 Å². The first kappa shape index (κ1) is 27.1. The van der Waals surface area contributed by atoms with E-state index in [2.05, 4.69) is 50.2 Å². The summed E-state index contributed by atoms with van der Waals surface area (Å²) in [7, 11) is 1.64. The van der Waals surface area contributed by atoms with Crippen LogP contribution in [0.4, 0.5) is 11.4 Å². The highest BCUT2D eigenvalue weighted by Gasteiger charge is 2.30. The number of nitro groups is 1. The Balaban J connectivity index is 1.51. The van der Waals surface area contributed by atoms with Crippen LogP contribution in [0.5, 0.6) is 5.75 Å². The summed E-state index contributed by atoms with van der Waals surface area (Å²) in [5.41, 5.74) is 2.22. The maximum atomic E-state index is 12.8. The molecule has 188 valence electrons. The molecule has 0 aromatic heterocycles. The first-order valence-corrected chi connectivity index (χ1v) is 13.5. The van der Waals surface area contributed by atoms with Crippen molar-refractivity contribution in [1.29, 1.82) is 0 Å². The van der Waals surface area contributed by atoms with Gasteiger partial charge in [0.15, 0.2) is 5.17 Å². The van der Waals surface area contributed by atoms with Crippen LogP contribution in [0.1, 0.15) is 21.5 Å². The molecule has 1 heterocycles. The van der Waals surface area contributed by atoms with E-state index in [1.54, 1.807) is 37.4 Å². The number of carbonyl (C=O) groups excluding carboxylic acids is 1. The number of amidine groups is 1. The van der Waals surface area contributed by atoms with Crippen molar-refractivity contribution in [1.82, 2.24) is 4.90 Å². The fraction of sp³-hybridized carbons (Fsp3) is 0.0800. The molecule has 12 heteroatoms. The number of carbonyl (C=O) groups is 2. The van der Waals surface area contributed by atoms with Crippen LogP contribution in [0.25, 0.3) is 6.08 Å². The number of nitrogens with zero attached hydrogens (tertiary/aromatic N) is 3. The number of likely N-dealkylation sites (N-methyl/N-ethyl adjacent to an activating group) is 1. The number of carboxylic acid groups (broad SMARTS) is 1. The standard InChI is InChI=1S/C25H17I2N3O6S/c1-29-23(31)21(37-25(29)28-17-7-5-16(6-8-17)24(32)33)12-15-10-19(26)22(20(27)11-15)36-13-14-3-2-4-18(9-14)30(34)35/h2-12H,13H2,1H3,(H,32,33). The van der Waals surface area contributed by atoms with E-state index in [4.69, 9.17) is 9.84 Å². The van der Waals surface area contributed by atoms with E-state index in [-0.39, 0.29) is 23.8 Å². The molecule has 0 aliphatic carbocycles. The molecule has 1 aliphatic heterocycles. The molecule has 0 bridgehead atoms. The second-order valence-electron chi connectivity index (χ2n) is 7.75. The van der Waals surface area contributed by atoms with Gasteiger partial charge in [-0.3, -0.25) is 19.8 Å². The molecule has 4 rings (SSSR count). The summed E-state index contributed by atoms with van der Waals surface area (Å²) in [6, 6.07) is 16.2. The number of aromatic carboxylic acids is 1. The van der Waals surface area contributed by atoms with E-state index in [0.29, 0.717) is 27.1 Å². The lowest BCUT2D eigenvalue weighted by Gasteiger charge is -2.12. The van der Waals surface area contributed by atoms with Crippen LogP contribution in [0.3, 0.4) is 0 Å². The number of thioether (sulfide) groups is 1. The average molecular weight is 741 g/mol. The number of halogens is 2. The van der Waals surface area contributed by atoms with Crippen LogP contribution >= 0.6 is 56.9 Å². The number of ether oxygens (including phenoxy) is 1. The SMILES string of the molecule is CN1C(=O)C(=Cc2cc(I)c(OCc3cccc([N+](=O)[O-])c3)c(I)c2)SC1=Nc1ccc(C(=O)O)cc1. The minimum atomic E-state index is -1.02.